The van der Waals surface area contributed by atoms with Crippen molar-refractivity contribution in [2.75, 3.05) is 44.6 Å². The molecule has 1 unspecified atom stereocenters. The molecule has 0 saturated carbocycles. The van der Waals surface area contributed by atoms with Gasteiger partial charge in [0, 0.05) is 46.3 Å². The summed E-state index contributed by atoms with van der Waals surface area (Å²) in [4.78, 5) is 30.8. The van der Waals surface area contributed by atoms with Crippen LogP contribution in [0.4, 0.5) is 11.4 Å². The smallest absolute Gasteiger partial charge is 0.228 e. The van der Waals surface area contributed by atoms with Gasteiger partial charge in [-0.15, -0.1) is 0 Å². The summed E-state index contributed by atoms with van der Waals surface area (Å²) in [5, 5.41) is 0. The number of carbonyl (C=O) groups excluding carboxylic acids is 2. The van der Waals surface area contributed by atoms with Gasteiger partial charge in [0.1, 0.15) is 5.75 Å². The molecule has 2 amide bonds. The van der Waals surface area contributed by atoms with Gasteiger partial charge in [0.25, 0.3) is 0 Å². The van der Waals surface area contributed by atoms with Crippen LogP contribution >= 0.6 is 0 Å². The topological polar surface area (TPSA) is 53.1 Å². The molecule has 3 rings (SSSR count). The molecule has 2 aromatic carbocycles. The van der Waals surface area contributed by atoms with Crippen molar-refractivity contribution >= 4 is 23.2 Å². The Morgan fingerprint density at radius 3 is 2.43 bits per heavy atom. The molecule has 0 aliphatic carbocycles. The third-order valence-corrected chi connectivity index (χ3v) is 5.10. The summed E-state index contributed by atoms with van der Waals surface area (Å²) < 4.78 is 5.36. The lowest BCUT2D eigenvalue weighted by Gasteiger charge is -2.22. The minimum atomic E-state index is -0.344. The van der Waals surface area contributed by atoms with E-state index in [-0.39, 0.29) is 24.2 Å². The average molecular weight is 381 g/mol. The van der Waals surface area contributed by atoms with E-state index >= 15 is 0 Å². The fourth-order valence-corrected chi connectivity index (χ4v) is 3.52. The van der Waals surface area contributed by atoms with Crippen LogP contribution in [0.1, 0.15) is 12.0 Å². The largest absolute Gasteiger partial charge is 0.495 e. The van der Waals surface area contributed by atoms with Crippen LogP contribution in [0.5, 0.6) is 5.75 Å². The van der Waals surface area contributed by atoms with Gasteiger partial charge in [-0.1, -0.05) is 24.3 Å². The van der Waals surface area contributed by atoms with E-state index in [9.17, 15) is 9.59 Å². The SMILES string of the molecule is COc1ccccc1N1CC(C(=O)N(C)Cc2ccc(N(C)C)cc2)CC1=O. The molecule has 1 aliphatic heterocycles. The Labute approximate surface area is 166 Å². The lowest BCUT2D eigenvalue weighted by molar-refractivity contribution is -0.135. The minimum Gasteiger partial charge on any atom is -0.495 e. The Balaban J connectivity index is 1.66. The number of hydrogen-bond acceptors (Lipinski definition) is 4. The molecule has 0 radical (unpaired) electrons. The first-order valence-electron chi connectivity index (χ1n) is 9.35. The third kappa shape index (κ3) is 4.11. The summed E-state index contributed by atoms with van der Waals surface area (Å²) in [6.45, 7) is 0.897. The zero-order valence-electron chi connectivity index (χ0n) is 16.9. The van der Waals surface area contributed by atoms with Gasteiger partial charge in [0.2, 0.25) is 11.8 Å². The van der Waals surface area contributed by atoms with Crippen LogP contribution in [0.15, 0.2) is 48.5 Å². The molecule has 1 heterocycles. The average Bonchev–Trinajstić information content (AvgIpc) is 3.09. The molecular formula is C22H27N3O3. The molecule has 0 bridgehead atoms. The van der Waals surface area contributed by atoms with Crippen LogP contribution in [0.25, 0.3) is 0 Å². The normalized spacial score (nSPS) is 16.2. The first kappa shape index (κ1) is 19.7. The summed E-state index contributed by atoms with van der Waals surface area (Å²) in [6.07, 6.45) is 0.223. The molecule has 0 aromatic heterocycles. The predicted molar refractivity (Wildman–Crippen MR) is 111 cm³/mol. The minimum absolute atomic E-state index is 0.0116. The summed E-state index contributed by atoms with van der Waals surface area (Å²) in [6, 6.07) is 15.5. The maximum absolute atomic E-state index is 12.9. The molecule has 1 saturated heterocycles. The summed E-state index contributed by atoms with van der Waals surface area (Å²) in [5.41, 5.74) is 2.89. The molecule has 28 heavy (non-hydrogen) atoms. The number of benzene rings is 2. The van der Waals surface area contributed by atoms with Gasteiger partial charge in [-0.05, 0) is 29.8 Å². The van der Waals surface area contributed by atoms with Crippen LogP contribution in [0.2, 0.25) is 0 Å². The molecule has 2 aromatic rings. The Morgan fingerprint density at radius 2 is 1.79 bits per heavy atom. The van der Waals surface area contributed by atoms with Gasteiger partial charge < -0.3 is 19.4 Å². The van der Waals surface area contributed by atoms with Crippen molar-refractivity contribution < 1.29 is 14.3 Å². The van der Waals surface area contributed by atoms with E-state index in [1.54, 1.807) is 24.0 Å². The summed E-state index contributed by atoms with van der Waals surface area (Å²) in [5.74, 6) is 0.232. The Bertz CT molecular complexity index is 848. The molecule has 6 heteroatoms. The lowest BCUT2D eigenvalue weighted by Crippen LogP contribution is -2.34. The Morgan fingerprint density at radius 1 is 1.11 bits per heavy atom. The molecule has 1 aliphatic rings. The molecule has 6 nitrogen and oxygen atoms in total. The maximum Gasteiger partial charge on any atom is 0.228 e. The van der Waals surface area contributed by atoms with E-state index < -0.39 is 0 Å². The molecule has 1 atom stereocenters. The van der Waals surface area contributed by atoms with Gasteiger partial charge in [-0.2, -0.15) is 0 Å². The standard InChI is InChI=1S/C22H27N3O3/c1-23(2)18-11-9-16(10-12-18)14-24(3)22(27)17-13-21(26)25(15-17)19-7-5-6-8-20(19)28-4/h5-12,17H,13-15H2,1-4H3. The van der Waals surface area contributed by atoms with Crippen LogP contribution in [0.3, 0.4) is 0 Å². The molecule has 0 N–H and O–H groups in total. The highest BCUT2D eigenvalue weighted by molar-refractivity contribution is 6.01. The van der Waals surface area contributed by atoms with Crippen molar-refractivity contribution in [1.82, 2.24) is 4.90 Å². The number of ether oxygens (including phenoxy) is 1. The number of anilines is 2. The Kier molecular flexibility index (Phi) is 5.87. The first-order chi connectivity index (χ1) is 13.4. The second-order valence-electron chi connectivity index (χ2n) is 7.33. The van der Waals surface area contributed by atoms with Crippen LogP contribution in [-0.2, 0) is 16.1 Å². The van der Waals surface area contributed by atoms with Gasteiger partial charge in [-0.25, -0.2) is 0 Å². The van der Waals surface area contributed by atoms with Crippen molar-refractivity contribution in [2.45, 2.75) is 13.0 Å². The number of methoxy groups -OCH3 is 1. The van der Waals surface area contributed by atoms with E-state index in [2.05, 4.69) is 0 Å². The van der Waals surface area contributed by atoms with Crippen molar-refractivity contribution in [3.05, 3.63) is 54.1 Å². The fourth-order valence-electron chi connectivity index (χ4n) is 3.52. The predicted octanol–water partition coefficient (Wildman–Crippen LogP) is 2.77. The van der Waals surface area contributed by atoms with E-state index in [0.717, 1.165) is 11.3 Å². The van der Waals surface area contributed by atoms with E-state index in [4.69, 9.17) is 4.74 Å². The summed E-state index contributed by atoms with van der Waals surface area (Å²) >= 11 is 0. The second-order valence-corrected chi connectivity index (χ2v) is 7.33. The van der Waals surface area contributed by atoms with Crippen LogP contribution < -0.4 is 14.5 Å². The number of carbonyl (C=O) groups is 2. The highest BCUT2D eigenvalue weighted by Gasteiger charge is 2.37. The number of rotatable bonds is 6. The Hall–Kier alpha value is -3.02. The van der Waals surface area contributed by atoms with Crippen LogP contribution in [-0.4, -0.2) is 51.5 Å². The van der Waals surface area contributed by atoms with Crippen molar-refractivity contribution in [1.29, 1.82) is 0 Å². The lowest BCUT2D eigenvalue weighted by atomic mass is 10.1. The van der Waals surface area contributed by atoms with E-state index in [1.165, 1.54) is 0 Å². The van der Waals surface area contributed by atoms with Crippen LogP contribution in [0, 0.1) is 5.92 Å². The highest BCUT2D eigenvalue weighted by atomic mass is 16.5. The van der Waals surface area contributed by atoms with Crippen molar-refractivity contribution in [3.8, 4) is 5.75 Å². The van der Waals surface area contributed by atoms with Gasteiger partial charge in [-0.3, -0.25) is 9.59 Å². The summed E-state index contributed by atoms with van der Waals surface area (Å²) in [7, 11) is 7.36. The zero-order valence-corrected chi connectivity index (χ0v) is 16.9. The van der Waals surface area contributed by atoms with Gasteiger partial charge >= 0.3 is 0 Å². The quantitative estimate of drug-likeness (QED) is 0.772. The molecule has 0 spiro atoms. The van der Waals surface area contributed by atoms with Gasteiger partial charge in [0.05, 0.1) is 18.7 Å². The third-order valence-electron chi connectivity index (χ3n) is 5.10. The zero-order chi connectivity index (χ0) is 20.3. The molecule has 148 valence electrons. The second kappa shape index (κ2) is 8.33. The molecule has 1 fully saturated rings. The van der Waals surface area contributed by atoms with Crippen molar-refractivity contribution in [2.24, 2.45) is 5.92 Å². The van der Waals surface area contributed by atoms with Crippen molar-refractivity contribution in [3.63, 3.8) is 0 Å². The maximum atomic E-state index is 12.9. The number of nitrogens with zero attached hydrogens (tertiary/aromatic N) is 3. The highest BCUT2D eigenvalue weighted by Crippen LogP contribution is 2.33. The fraction of sp³-hybridized carbons (Fsp3) is 0.364. The first-order valence-corrected chi connectivity index (χ1v) is 9.35. The molecular weight excluding hydrogens is 354 g/mol. The van der Waals surface area contributed by atoms with E-state index in [1.807, 2.05) is 67.5 Å². The van der Waals surface area contributed by atoms with Gasteiger partial charge in [0.15, 0.2) is 0 Å². The number of amides is 2. The number of para-hydroxylation sites is 2. The number of hydrogen-bond donors (Lipinski definition) is 0. The monoisotopic (exact) mass is 381 g/mol. The van der Waals surface area contributed by atoms with E-state index in [0.29, 0.717) is 24.5 Å².